The van der Waals surface area contributed by atoms with Gasteiger partial charge in [-0.1, -0.05) is 35.8 Å². The number of anilines is 1. The third-order valence-electron chi connectivity index (χ3n) is 5.50. The first-order valence-corrected chi connectivity index (χ1v) is 9.87. The van der Waals surface area contributed by atoms with Crippen LogP contribution < -0.4 is 16.4 Å². The van der Waals surface area contributed by atoms with Crippen molar-refractivity contribution in [3.63, 3.8) is 0 Å². The minimum atomic E-state index is -0.943. The summed E-state index contributed by atoms with van der Waals surface area (Å²) in [6.45, 7) is 4.22. The number of nitrogens with two attached hydrogens (primary N) is 1. The Morgan fingerprint density at radius 1 is 1.44 bits per heavy atom. The second-order valence-corrected chi connectivity index (χ2v) is 8.70. The molecule has 0 saturated carbocycles. The second-order valence-electron chi connectivity index (χ2n) is 7.79. The minimum absolute atomic E-state index is 0.149. The number of carbonyl (C=O) groups is 3. The lowest BCUT2D eigenvalue weighted by Crippen LogP contribution is -2.51. The zero-order valence-electron chi connectivity index (χ0n) is 15.7. The summed E-state index contributed by atoms with van der Waals surface area (Å²) in [6.07, 6.45) is 0.840. The SMILES string of the molecule is CN[C@@H](CC(C)C)C(=O)N1C[C@]2(C[C@H]1C(N)=O)C(=O)Nc1cc(Br)ccc12. The van der Waals surface area contributed by atoms with Crippen molar-refractivity contribution in [2.75, 3.05) is 18.9 Å². The fourth-order valence-electron chi connectivity index (χ4n) is 4.17. The number of benzene rings is 1. The number of primary amides is 1. The van der Waals surface area contributed by atoms with Crippen LogP contribution >= 0.6 is 15.9 Å². The maximum Gasteiger partial charge on any atom is 0.240 e. The summed E-state index contributed by atoms with van der Waals surface area (Å²) in [5.41, 5.74) is 6.19. The van der Waals surface area contributed by atoms with E-state index in [1.807, 2.05) is 32.0 Å². The van der Waals surface area contributed by atoms with Crippen LogP contribution in [-0.4, -0.2) is 48.3 Å². The summed E-state index contributed by atoms with van der Waals surface area (Å²) in [4.78, 5) is 39.7. The van der Waals surface area contributed by atoms with Crippen molar-refractivity contribution < 1.29 is 14.4 Å². The van der Waals surface area contributed by atoms with Crippen molar-refractivity contribution in [3.8, 4) is 0 Å². The van der Waals surface area contributed by atoms with E-state index in [2.05, 4.69) is 26.6 Å². The molecule has 0 aliphatic carbocycles. The van der Waals surface area contributed by atoms with Crippen molar-refractivity contribution >= 4 is 39.3 Å². The Bertz CT molecular complexity index is 797. The van der Waals surface area contributed by atoms with E-state index in [4.69, 9.17) is 5.73 Å². The van der Waals surface area contributed by atoms with E-state index in [-0.39, 0.29) is 24.8 Å². The number of nitrogens with zero attached hydrogens (tertiary/aromatic N) is 1. The Morgan fingerprint density at radius 2 is 2.15 bits per heavy atom. The normalized spacial score (nSPS) is 25.0. The largest absolute Gasteiger partial charge is 0.368 e. The molecular formula is C19H25BrN4O3. The van der Waals surface area contributed by atoms with Crippen LogP contribution in [0.1, 0.15) is 32.3 Å². The minimum Gasteiger partial charge on any atom is -0.368 e. The van der Waals surface area contributed by atoms with Gasteiger partial charge >= 0.3 is 0 Å². The van der Waals surface area contributed by atoms with E-state index in [0.717, 1.165) is 10.0 Å². The molecule has 7 nitrogen and oxygen atoms in total. The van der Waals surface area contributed by atoms with Crippen LogP contribution in [0.25, 0.3) is 0 Å². The molecule has 1 spiro atoms. The molecule has 4 N–H and O–H groups in total. The van der Waals surface area contributed by atoms with Crippen LogP contribution in [0.5, 0.6) is 0 Å². The molecule has 2 heterocycles. The van der Waals surface area contributed by atoms with Crippen LogP contribution in [-0.2, 0) is 19.8 Å². The zero-order chi connectivity index (χ0) is 19.9. The Hall–Kier alpha value is -1.93. The van der Waals surface area contributed by atoms with E-state index in [1.54, 1.807) is 7.05 Å². The average molecular weight is 437 g/mol. The lowest BCUT2D eigenvalue weighted by molar-refractivity contribution is -0.139. The highest BCUT2D eigenvalue weighted by Crippen LogP contribution is 2.47. The Kier molecular flexibility index (Phi) is 5.31. The molecule has 1 aromatic carbocycles. The summed E-state index contributed by atoms with van der Waals surface area (Å²) in [5.74, 6) is -0.659. The molecule has 8 heteroatoms. The number of hydrogen-bond acceptors (Lipinski definition) is 4. The van der Waals surface area contributed by atoms with E-state index >= 15 is 0 Å². The highest BCUT2D eigenvalue weighted by Gasteiger charge is 2.57. The maximum absolute atomic E-state index is 13.2. The Morgan fingerprint density at radius 3 is 2.74 bits per heavy atom. The highest BCUT2D eigenvalue weighted by atomic mass is 79.9. The van der Waals surface area contributed by atoms with Crippen molar-refractivity contribution in [3.05, 3.63) is 28.2 Å². The molecule has 146 valence electrons. The van der Waals surface area contributed by atoms with Gasteiger partial charge in [0.25, 0.3) is 0 Å². The number of carbonyl (C=O) groups excluding carboxylic acids is 3. The van der Waals surface area contributed by atoms with E-state index in [1.165, 1.54) is 4.90 Å². The van der Waals surface area contributed by atoms with E-state index < -0.39 is 23.4 Å². The monoisotopic (exact) mass is 436 g/mol. The molecule has 0 bridgehead atoms. The highest BCUT2D eigenvalue weighted by molar-refractivity contribution is 9.10. The van der Waals surface area contributed by atoms with E-state index in [9.17, 15) is 14.4 Å². The molecule has 0 aromatic heterocycles. The molecule has 0 radical (unpaired) electrons. The van der Waals surface area contributed by atoms with Crippen LogP contribution in [0.4, 0.5) is 5.69 Å². The molecule has 1 fully saturated rings. The van der Waals surface area contributed by atoms with Gasteiger partial charge in [0, 0.05) is 16.7 Å². The first-order chi connectivity index (χ1) is 12.7. The Balaban J connectivity index is 1.98. The second kappa shape index (κ2) is 7.24. The van der Waals surface area contributed by atoms with Gasteiger partial charge < -0.3 is 21.3 Å². The number of likely N-dealkylation sites (N-methyl/N-ethyl adjacent to an activating group) is 1. The van der Waals surface area contributed by atoms with Gasteiger partial charge in [0.2, 0.25) is 17.7 Å². The van der Waals surface area contributed by atoms with Gasteiger partial charge in [0.15, 0.2) is 0 Å². The van der Waals surface area contributed by atoms with Gasteiger partial charge in [-0.15, -0.1) is 0 Å². The zero-order valence-corrected chi connectivity index (χ0v) is 17.3. The molecule has 1 aromatic rings. The van der Waals surface area contributed by atoms with Gasteiger partial charge in [-0.25, -0.2) is 0 Å². The predicted octanol–water partition coefficient (Wildman–Crippen LogP) is 1.36. The van der Waals surface area contributed by atoms with Gasteiger partial charge in [-0.3, -0.25) is 14.4 Å². The van der Waals surface area contributed by atoms with Gasteiger partial charge in [0.1, 0.15) is 6.04 Å². The molecule has 1 saturated heterocycles. The summed E-state index contributed by atoms with van der Waals surface area (Å²) < 4.78 is 0.850. The number of rotatable bonds is 5. The van der Waals surface area contributed by atoms with Crippen molar-refractivity contribution in [1.82, 2.24) is 10.2 Å². The lowest BCUT2D eigenvalue weighted by Gasteiger charge is -2.28. The van der Waals surface area contributed by atoms with Gasteiger partial charge in [-0.05, 0) is 43.5 Å². The van der Waals surface area contributed by atoms with E-state index in [0.29, 0.717) is 18.0 Å². The summed E-state index contributed by atoms with van der Waals surface area (Å²) in [5, 5.41) is 5.93. The van der Waals surface area contributed by atoms with Gasteiger partial charge in [0.05, 0.1) is 11.5 Å². The summed E-state index contributed by atoms with van der Waals surface area (Å²) in [7, 11) is 1.73. The maximum atomic E-state index is 13.2. The number of likely N-dealkylation sites (tertiary alicyclic amines) is 1. The van der Waals surface area contributed by atoms with Crippen molar-refractivity contribution in [1.29, 1.82) is 0 Å². The Labute approximate surface area is 167 Å². The lowest BCUT2D eigenvalue weighted by atomic mass is 9.79. The fraction of sp³-hybridized carbons (Fsp3) is 0.526. The first kappa shape index (κ1) is 19.8. The average Bonchev–Trinajstić information content (AvgIpc) is 3.12. The van der Waals surface area contributed by atoms with Crippen LogP contribution in [0, 0.1) is 5.92 Å². The molecule has 3 rings (SSSR count). The number of halogens is 1. The predicted molar refractivity (Wildman–Crippen MR) is 106 cm³/mol. The smallest absolute Gasteiger partial charge is 0.240 e. The molecular weight excluding hydrogens is 412 g/mol. The van der Waals surface area contributed by atoms with Crippen molar-refractivity contribution in [2.45, 2.75) is 44.2 Å². The first-order valence-electron chi connectivity index (χ1n) is 9.08. The molecule has 3 atom stereocenters. The molecule has 27 heavy (non-hydrogen) atoms. The quantitative estimate of drug-likeness (QED) is 0.647. The number of amides is 3. The molecule has 2 aliphatic rings. The van der Waals surface area contributed by atoms with Crippen molar-refractivity contribution in [2.24, 2.45) is 11.7 Å². The molecule has 3 amide bonds. The summed E-state index contributed by atoms with van der Waals surface area (Å²) in [6, 6.07) is 4.34. The number of nitrogens with one attached hydrogen (secondary N) is 2. The number of hydrogen-bond donors (Lipinski definition) is 3. The van der Waals surface area contributed by atoms with Crippen LogP contribution in [0.3, 0.4) is 0 Å². The summed E-state index contributed by atoms with van der Waals surface area (Å²) >= 11 is 3.41. The third-order valence-corrected chi connectivity index (χ3v) is 6.00. The third kappa shape index (κ3) is 3.36. The number of fused-ring (bicyclic) bond motifs is 2. The van der Waals surface area contributed by atoms with Gasteiger partial charge in [-0.2, -0.15) is 0 Å². The van der Waals surface area contributed by atoms with Crippen LogP contribution in [0.15, 0.2) is 22.7 Å². The molecule has 2 aliphatic heterocycles. The standard InChI is InChI=1S/C19H25BrN4O3/c1-10(2)6-14(22-3)17(26)24-9-19(8-15(24)16(21)25)12-5-4-11(20)7-13(12)23-18(19)27/h4-5,7,10,14-15,22H,6,8-9H2,1-3H3,(H2,21,25)(H,23,27)/t14-,15-,19-/m0/s1. The molecule has 0 unspecified atom stereocenters. The topological polar surface area (TPSA) is 105 Å². The fourth-order valence-corrected chi connectivity index (χ4v) is 4.53. The van der Waals surface area contributed by atoms with Crippen LogP contribution in [0.2, 0.25) is 0 Å².